The van der Waals surface area contributed by atoms with E-state index in [1.807, 2.05) is 0 Å². The Labute approximate surface area is 268 Å². The van der Waals surface area contributed by atoms with Gasteiger partial charge in [0, 0.05) is 31.0 Å². The Balaban J connectivity index is 1.14. The zero-order chi connectivity index (χ0) is 30.7. The molecule has 0 saturated heterocycles. The molecule has 6 aromatic rings. The summed E-state index contributed by atoms with van der Waals surface area (Å²) in [5.41, 5.74) is 15.7. The van der Waals surface area contributed by atoms with E-state index < -0.39 is 0 Å². The van der Waals surface area contributed by atoms with Crippen LogP contribution in [0.5, 0.6) is 0 Å². The molecule has 1 nitrogen and oxygen atoms in total. The minimum absolute atomic E-state index is 0.0240. The second kappa shape index (κ2) is 9.25. The van der Waals surface area contributed by atoms with Crippen LogP contribution in [0.3, 0.4) is 0 Å². The van der Waals surface area contributed by atoms with Gasteiger partial charge in [-0.2, -0.15) is 0 Å². The van der Waals surface area contributed by atoms with Crippen LogP contribution in [0.15, 0.2) is 120 Å². The van der Waals surface area contributed by atoms with Gasteiger partial charge in [0.15, 0.2) is 5.43 Å². The number of allylic oxidation sites excluding steroid dienone is 4. The maximum Gasteiger partial charge on any atom is 0.195 e. The standard InChI is InChI=1S/C43H34OS/c1-42(2)35-11-7-5-9-29(35)31-17-13-27(23-37(31)42)25-15-19-39-33(21-25)41(44)34-22-26(16-20-40(34)45-39)28-14-18-32-30-10-6-8-12-36(30)43(3,4)38(32)24-28/h5-7,9-11,13-24H,8,12H2,1-4H3. The van der Waals surface area contributed by atoms with E-state index in [-0.39, 0.29) is 16.3 Å². The molecule has 45 heavy (non-hydrogen) atoms. The van der Waals surface area contributed by atoms with Gasteiger partial charge in [-0.15, -0.1) is 11.3 Å². The average molecular weight is 599 g/mol. The molecule has 218 valence electrons. The van der Waals surface area contributed by atoms with Crippen molar-refractivity contribution in [3.8, 4) is 33.4 Å². The van der Waals surface area contributed by atoms with E-state index in [0.717, 1.165) is 49.7 Å². The van der Waals surface area contributed by atoms with Crippen LogP contribution in [0, 0.1) is 0 Å². The highest BCUT2D eigenvalue weighted by Crippen LogP contribution is 2.51. The summed E-state index contributed by atoms with van der Waals surface area (Å²) in [5, 5.41) is 1.59. The van der Waals surface area contributed by atoms with Gasteiger partial charge in [0.25, 0.3) is 0 Å². The van der Waals surface area contributed by atoms with Crippen molar-refractivity contribution >= 4 is 37.1 Å². The van der Waals surface area contributed by atoms with E-state index in [9.17, 15) is 4.79 Å². The zero-order valence-corrected chi connectivity index (χ0v) is 26.9. The van der Waals surface area contributed by atoms with Gasteiger partial charge in [-0.1, -0.05) is 106 Å². The van der Waals surface area contributed by atoms with E-state index in [0.29, 0.717) is 0 Å². The molecule has 3 aliphatic rings. The lowest BCUT2D eigenvalue weighted by Gasteiger charge is -2.26. The van der Waals surface area contributed by atoms with Crippen LogP contribution in [-0.2, 0) is 10.8 Å². The molecule has 0 atom stereocenters. The average Bonchev–Trinajstić information content (AvgIpc) is 3.44. The lowest BCUT2D eigenvalue weighted by Crippen LogP contribution is -2.17. The van der Waals surface area contributed by atoms with Crippen molar-refractivity contribution < 1.29 is 0 Å². The maximum atomic E-state index is 14.1. The van der Waals surface area contributed by atoms with Crippen LogP contribution in [-0.4, -0.2) is 0 Å². The highest BCUT2D eigenvalue weighted by Gasteiger charge is 2.37. The zero-order valence-electron chi connectivity index (χ0n) is 26.1. The summed E-state index contributed by atoms with van der Waals surface area (Å²) < 4.78 is 2.06. The van der Waals surface area contributed by atoms with Gasteiger partial charge in [0.1, 0.15) is 0 Å². The fourth-order valence-electron chi connectivity index (χ4n) is 8.30. The summed E-state index contributed by atoms with van der Waals surface area (Å²) in [6, 6.07) is 35.3. The summed E-state index contributed by atoms with van der Waals surface area (Å²) in [7, 11) is 0. The lowest BCUT2D eigenvalue weighted by molar-refractivity contribution is 0.607. The van der Waals surface area contributed by atoms with Crippen molar-refractivity contribution in [1.29, 1.82) is 0 Å². The SMILES string of the molecule is CC1(C)C2=C(C=CCC2)c2ccc(-c3ccc4sc5ccc(-c6ccc7c(c6)C(C)(C)c6ccccc6-7)cc5c(=O)c4c3)cc21. The molecule has 0 spiro atoms. The van der Waals surface area contributed by atoms with Gasteiger partial charge in [-0.25, -0.2) is 0 Å². The Hall–Kier alpha value is -4.53. The van der Waals surface area contributed by atoms with E-state index in [4.69, 9.17) is 0 Å². The molecule has 2 heteroatoms. The smallest absolute Gasteiger partial charge is 0.195 e. The third-order valence-corrected chi connectivity index (χ3v) is 12.0. The summed E-state index contributed by atoms with van der Waals surface area (Å²) in [4.78, 5) is 14.1. The molecule has 1 aromatic heterocycles. The Bertz CT molecular complexity index is 2390. The van der Waals surface area contributed by atoms with Gasteiger partial charge >= 0.3 is 0 Å². The van der Waals surface area contributed by atoms with Crippen LogP contribution >= 0.6 is 11.3 Å². The molecular formula is C43H34OS. The first-order chi connectivity index (χ1) is 21.7. The minimum Gasteiger partial charge on any atom is -0.289 e. The number of benzene rings is 5. The largest absolute Gasteiger partial charge is 0.289 e. The number of fused-ring (bicyclic) bond motifs is 7. The molecule has 5 aromatic carbocycles. The van der Waals surface area contributed by atoms with Crippen LogP contribution in [0.25, 0.3) is 59.1 Å². The Kier molecular flexibility index (Phi) is 5.52. The van der Waals surface area contributed by atoms with Crippen molar-refractivity contribution in [2.75, 3.05) is 0 Å². The summed E-state index contributed by atoms with van der Waals surface area (Å²) in [6.07, 6.45) is 6.87. The number of rotatable bonds is 2. The fourth-order valence-corrected chi connectivity index (χ4v) is 9.34. The molecule has 0 saturated carbocycles. The molecular weight excluding hydrogens is 565 g/mol. The highest BCUT2D eigenvalue weighted by atomic mass is 32.1. The molecule has 0 aliphatic heterocycles. The third-order valence-electron chi connectivity index (χ3n) is 10.8. The molecule has 0 bridgehead atoms. The second-order valence-corrected chi connectivity index (χ2v) is 15.1. The third kappa shape index (κ3) is 3.76. The van der Waals surface area contributed by atoms with Crippen LogP contribution in [0.4, 0.5) is 0 Å². The van der Waals surface area contributed by atoms with E-state index in [2.05, 4.69) is 137 Å². The lowest BCUT2D eigenvalue weighted by atomic mass is 9.78. The predicted octanol–water partition coefficient (Wildman–Crippen LogP) is 11.4. The van der Waals surface area contributed by atoms with Gasteiger partial charge in [-0.05, 0) is 110 Å². The highest BCUT2D eigenvalue weighted by molar-refractivity contribution is 7.24. The van der Waals surface area contributed by atoms with Crippen molar-refractivity contribution in [2.45, 2.75) is 51.4 Å². The number of hydrogen-bond donors (Lipinski definition) is 0. The quantitative estimate of drug-likeness (QED) is 0.181. The second-order valence-electron chi connectivity index (χ2n) is 14.0. The van der Waals surface area contributed by atoms with Crippen molar-refractivity contribution in [2.24, 2.45) is 0 Å². The maximum absolute atomic E-state index is 14.1. The van der Waals surface area contributed by atoms with Crippen molar-refractivity contribution in [3.63, 3.8) is 0 Å². The normalized spacial score (nSPS) is 17.0. The Morgan fingerprint density at radius 3 is 1.82 bits per heavy atom. The number of hydrogen-bond acceptors (Lipinski definition) is 2. The first-order valence-electron chi connectivity index (χ1n) is 16.0. The summed E-state index contributed by atoms with van der Waals surface area (Å²) >= 11 is 1.70. The van der Waals surface area contributed by atoms with E-state index in [1.165, 1.54) is 44.5 Å². The molecule has 1 heterocycles. The van der Waals surface area contributed by atoms with Gasteiger partial charge < -0.3 is 0 Å². The summed E-state index contributed by atoms with van der Waals surface area (Å²) in [5.74, 6) is 0. The topological polar surface area (TPSA) is 17.1 Å². The van der Waals surface area contributed by atoms with Crippen molar-refractivity contribution in [3.05, 3.63) is 147 Å². The van der Waals surface area contributed by atoms with Gasteiger partial charge in [0.05, 0.1) is 0 Å². The molecule has 0 N–H and O–H groups in total. The molecule has 3 aliphatic carbocycles. The Morgan fingerprint density at radius 1 is 0.578 bits per heavy atom. The van der Waals surface area contributed by atoms with E-state index in [1.54, 1.807) is 16.9 Å². The van der Waals surface area contributed by atoms with Crippen molar-refractivity contribution in [1.82, 2.24) is 0 Å². The Morgan fingerprint density at radius 2 is 1.13 bits per heavy atom. The molecule has 0 radical (unpaired) electrons. The summed E-state index contributed by atoms with van der Waals surface area (Å²) in [6.45, 7) is 9.35. The van der Waals surface area contributed by atoms with E-state index >= 15 is 0 Å². The van der Waals surface area contributed by atoms with Gasteiger partial charge in [0.2, 0.25) is 0 Å². The minimum atomic E-state index is -0.0595. The first kappa shape index (κ1) is 26.8. The fraction of sp³-hybridized carbons (Fsp3) is 0.186. The molecule has 0 unspecified atom stereocenters. The van der Waals surface area contributed by atoms with Gasteiger partial charge in [-0.3, -0.25) is 4.79 Å². The van der Waals surface area contributed by atoms with Crippen LogP contribution in [0.2, 0.25) is 0 Å². The molecule has 0 amide bonds. The van der Waals surface area contributed by atoms with Crippen LogP contribution in [0.1, 0.15) is 62.8 Å². The molecule has 9 rings (SSSR count). The van der Waals surface area contributed by atoms with Crippen LogP contribution < -0.4 is 5.43 Å². The molecule has 0 fully saturated rings. The first-order valence-corrected chi connectivity index (χ1v) is 16.8. The monoisotopic (exact) mass is 598 g/mol. The predicted molar refractivity (Wildman–Crippen MR) is 192 cm³/mol.